The Labute approximate surface area is 109 Å². The van der Waals surface area contributed by atoms with E-state index in [2.05, 4.69) is 9.47 Å². The SMILES string of the molecule is COC(=O)c1cc(C#N)cc(OC(F)(F)F)c1[N+](=O)[O-]. The number of carbonyl (C=O) groups excluding carboxylic acids is 1. The minimum Gasteiger partial charge on any atom is -0.465 e. The van der Waals surface area contributed by atoms with Gasteiger partial charge in [-0.2, -0.15) is 5.26 Å². The fourth-order valence-electron chi connectivity index (χ4n) is 1.33. The minimum absolute atomic E-state index is 0.421. The summed E-state index contributed by atoms with van der Waals surface area (Å²) >= 11 is 0. The summed E-state index contributed by atoms with van der Waals surface area (Å²) in [4.78, 5) is 20.9. The standard InChI is InChI=1S/C10H5F3N2O5/c1-19-9(16)6-2-5(4-14)3-7(8(6)15(17)18)20-10(11,12)13/h2-3H,1H3. The molecule has 0 aliphatic heterocycles. The maximum absolute atomic E-state index is 12.2. The molecule has 1 aromatic carbocycles. The first-order valence-electron chi connectivity index (χ1n) is 4.76. The van der Waals surface area contributed by atoms with Gasteiger partial charge in [0, 0.05) is 6.07 Å². The number of nitro groups is 1. The molecule has 20 heavy (non-hydrogen) atoms. The molecule has 0 aliphatic rings. The predicted molar refractivity (Wildman–Crippen MR) is 55.8 cm³/mol. The fourth-order valence-corrected chi connectivity index (χ4v) is 1.33. The maximum Gasteiger partial charge on any atom is 0.573 e. The number of hydrogen-bond donors (Lipinski definition) is 0. The van der Waals surface area contributed by atoms with Crippen LogP contribution in [0.5, 0.6) is 5.75 Å². The Morgan fingerprint density at radius 2 is 2.05 bits per heavy atom. The Kier molecular flexibility index (Phi) is 4.14. The summed E-state index contributed by atoms with van der Waals surface area (Å²) in [5.74, 6) is -2.53. The summed E-state index contributed by atoms with van der Waals surface area (Å²) in [5, 5.41) is 19.5. The number of rotatable bonds is 3. The van der Waals surface area contributed by atoms with Gasteiger partial charge in [-0.05, 0) is 6.07 Å². The molecule has 0 aromatic heterocycles. The van der Waals surface area contributed by atoms with Crippen LogP contribution in [0, 0.1) is 21.4 Å². The summed E-state index contributed by atoms with van der Waals surface area (Å²) in [6, 6.07) is 2.72. The highest BCUT2D eigenvalue weighted by molar-refractivity contribution is 5.95. The number of alkyl halides is 3. The largest absolute Gasteiger partial charge is 0.573 e. The molecule has 0 saturated heterocycles. The monoisotopic (exact) mass is 290 g/mol. The van der Waals surface area contributed by atoms with Crippen LogP contribution in [0.4, 0.5) is 18.9 Å². The molecule has 0 fully saturated rings. The van der Waals surface area contributed by atoms with Crippen LogP contribution < -0.4 is 4.74 Å². The molecule has 0 N–H and O–H groups in total. The van der Waals surface area contributed by atoms with Crippen molar-refractivity contribution in [2.75, 3.05) is 7.11 Å². The summed E-state index contributed by atoms with van der Waals surface area (Å²) in [7, 11) is 0.884. The second kappa shape index (κ2) is 5.43. The Hall–Kier alpha value is -2.83. The number of ether oxygens (including phenoxy) is 2. The van der Waals surface area contributed by atoms with Gasteiger partial charge in [0.2, 0.25) is 5.75 Å². The molecule has 0 aliphatic carbocycles. The zero-order valence-corrected chi connectivity index (χ0v) is 9.72. The van der Waals surface area contributed by atoms with Gasteiger partial charge in [-0.25, -0.2) is 4.79 Å². The minimum atomic E-state index is -5.22. The molecule has 10 heteroatoms. The van der Waals surface area contributed by atoms with Gasteiger partial charge in [0.1, 0.15) is 5.56 Å². The van der Waals surface area contributed by atoms with Gasteiger partial charge in [0.05, 0.1) is 23.7 Å². The molecule has 0 heterocycles. The number of hydrogen-bond acceptors (Lipinski definition) is 6. The molecule has 0 radical (unpaired) electrons. The van der Waals surface area contributed by atoms with E-state index in [1.165, 1.54) is 6.07 Å². The van der Waals surface area contributed by atoms with E-state index in [0.717, 1.165) is 13.2 Å². The third-order valence-corrected chi connectivity index (χ3v) is 2.02. The zero-order chi connectivity index (χ0) is 15.5. The Bertz CT molecular complexity index is 606. The van der Waals surface area contributed by atoms with Crippen molar-refractivity contribution < 1.29 is 32.4 Å². The second-order valence-electron chi connectivity index (χ2n) is 3.28. The van der Waals surface area contributed by atoms with Crippen LogP contribution >= 0.6 is 0 Å². The van der Waals surface area contributed by atoms with Gasteiger partial charge in [-0.15, -0.1) is 13.2 Å². The Balaban J connectivity index is 3.59. The number of methoxy groups -OCH3 is 1. The summed E-state index contributed by atoms with van der Waals surface area (Å²) < 4.78 is 44.3. The molecule has 1 aromatic rings. The summed E-state index contributed by atoms with van der Waals surface area (Å²) in [5.41, 5.74) is -2.46. The number of nitro benzene ring substituents is 1. The smallest absolute Gasteiger partial charge is 0.465 e. The van der Waals surface area contributed by atoms with E-state index < -0.39 is 39.8 Å². The molecular weight excluding hydrogens is 285 g/mol. The number of nitriles is 1. The van der Waals surface area contributed by atoms with Gasteiger partial charge in [0.15, 0.2) is 0 Å². The summed E-state index contributed by atoms with van der Waals surface area (Å²) in [6.07, 6.45) is -5.22. The zero-order valence-electron chi connectivity index (χ0n) is 9.72. The van der Waals surface area contributed by atoms with Crippen LogP contribution in [0.3, 0.4) is 0 Å². The van der Waals surface area contributed by atoms with Gasteiger partial charge in [-0.1, -0.05) is 0 Å². The number of nitrogens with zero attached hydrogens (tertiary/aromatic N) is 2. The number of benzene rings is 1. The lowest BCUT2D eigenvalue weighted by atomic mass is 10.1. The van der Waals surface area contributed by atoms with Crippen LogP contribution in [-0.4, -0.2) is 24.4 Å². The van der Waals surface area contributed by atoms with E-state index in [1.54, 1.807) is 0 Å². The molecule has 0 saturated carbocycles. The third-order valence-electron chi connectivity index (χ3n) is 2.02. The molecule has 106 valence electrons. The van der Waals surface area contributed by atoms with Crippen LogP contribution in [0.15, 0.2) is 12.1 Å². The molecule has 0 atom stereocenters. The average molecular weight is 290 g/mol. The van der Waals surface area contributed by atoms with Crippen molar-refractivity contribution in [3.8, 4) is 11.8 Å². The quantitative estimate of drug-likeness (QED) is 0.480. The van der Waals surface area contributed by atoms with Gasteiger partial charge >= 0.3 is 18.0 Å². The van der Waals surface area contributed by atoms with Crippen molar-refractivity contribution in [1.82, 2.24) is 0 Å². The molecule has 1 rings (SSSR count). The predicted octanol–water partition coefficient (Wildman–Crippen LogP) is 2.15. The van der Waals surface area contributed by atoms with E-state index in [0.29, 0.717) is 6.07 Å². The highest BCUT2D eigenvalue weighted by Crippen LogP contribution is 2.36. The first-order chi connectivity index (χ1) is 9.19. The highest BCUT2D eigenvalue weighted by atomic mass is 19.4. The lowest BCUT2D eigenvalue weighted by molar-refractivity contribution is -0.389. The van der Waals surface area contributed by atoms with E-state index in [1.807, 2.05) is 0 Å². The van der Waals surface area contributed by atoms with Crippen molar-refractivity contribution >= 4 is 11.7 Å². The molecule has 7 nitrogen and oxygen atoms in total. The lowest BCUT2D eigenvalue weighted by Crippen LogP contribution is -2.19. The third kappa shape index (κ3) is 3.35. The summed E-state index contributed by atoms with van der Waals surface area (Å²) in [6.45, 7) is 0. The van der Waals surface area contributed by atoms with Gasteiger partial charge in [0.25, 0.3) is 0 Å². The van der Waals surface area contributed by atoms with Crippen molar-refractivity contribution in [2.24, 2.45) is 0 Å². The molecule has 0 unspecified atom stereocenters. The first kappa shape index (κ1) is 15.2. The fraction of sp³-hybridized carbons (Fsp3) is 0.200. The van der Waals surface area contributed by atoms with Crippen LogP contribution in [0.2, 0.25) is 0 Å². The van der Waals surface area contributed by atoms with Gasteiger partial charge in [-0.3, -0.25) is 10.1 Å². The van der Waals surface area contributed by atoms with E-state index >= 15 is 0 Å². The Morgan fingerprint density at radius 1 is 1.45 bits per heavy atom. The van der Waals surface area contributed by atoms with Gasteiger partial charge < -0.3 is 9.47 Å². The molecular formula is C10H5F3N2O5. The molecule has 0 spiro atoms. The van der Waals surface area contributed by atoms with Crippen LogP contribution in [0.1, 0.15) is 15.9 Å². The molecule has 0 amide bonds. The average Bonchev–Trinajstić information content (AvgIpc) is 2.34. The number of halogens is 3. The second-order valence-corrected chi connectivity index (χ2v) is 3.28. The lowest BCUT2D eigenvalue weighted by Gasteiger charge is -2.11. The van der Waals surface area contributed by atoms with Crippen LogP contribution in [0.25, 0.3) is 0 Å². The Morgan fingerprint density at radius 3 is 2.45 bits per heavy atom. The van der Waals surface area contributed by atoms with Crippen molar-refractivity contribution in [2.45, 2.75) is 6.36 Å². The van der Waals surface area contributed by atoms with Crippen molar-refractivity contribution in [1.29, 1.82) is 5.26 Å². The van der Waals surface area contributed by atoms with Crippen molar-refractivity contribution in [3.05, 3.63) is 33.4 Å². The topological polar surface area (TPSA) is 102 Å². The van der Waals surface area contributed by atoms with E-state index in [9.17, 15) is 28.1 Å². The highest BCUT2D eigenvalue weighted by Gasteiger charge is 2.37. The molecule has 0 bridgehead atoms. The normalized spacial score (nSPS) is 10.6. The number of carbonyl (C=O) groups is 1. The first-order valence-corrected chi connectivity index (χ1v) is 4.76. The van der Waals surface area contributed by atoms with E-state index in [4.69, 9.17) is 5.26 Å². The van der Waals surface area contributed by atoms with E-state index in [-0.39, 0.29) is 0 Å². The number of esters is 1. The van der Waals surface area contributed by atoms with Crippen LogP contribution in [-0.2, 0) is 4.74 Å². The maximum atomic E-state index is 12.2. The van der Waals surface area contributed by atoms with Crippen molar-refractivity contribution in [3.63, 3.8) is 0 Å².